The van der Waals surface area contributed by atoms with Crippen molar-refractivity contribution in [3.8, 4) is 0 Å². The van der Waals surface area contributed by atoms with E-state index < -0.39 is 101 Å². The van der Waals surface area contributed by atoms with E-state index in [1.807, 2.05) is 13.8 Å². The van der Waals surface area contributed by atoms with Gasteiger partial charge in [0.25, 0.3) is 0 Å². The Kier molecular flexibility index (Phi) is 10.7. The van der Waals surface area contributed by atoms with Crippen LogP contribution >= 0.6 is 0 Å². The Morgan fingerprint density at radius 2 is 1.44 bits per heavy atom. The molecule has 1 aromatic rings. The van der Waals surface area contributed by atoms with Crippen molar-refractivity contribution in [2.24, 2.45) is 23.2 Å². The molecule has 1 N–H and O–H groups in total. The van der Waals surface area contributed by atoms with Crippen LogP contribution in [0.1, 0.15) is 98.4 Å². The van der Waals surface area contributed by atoms with Crippen LogP contribution in [-0.4, -0.2) is 82.8 Å². The van der Waals surface area contributed by atoms with Gasteiger partial charge in [-0.05, 0) is 52.2 Å². The number of fused-ring (bicyclic) bond motifs is 1. The fourth-order valence-corrected chi connectivity index (χ4v) is 7.90. The normalized spacial score (nSPS) is 34.5. The van der Waals surface area contributed by atoms with Gasteiger partial charge in [0.2, 0.25) is 0 Å². The van der Waals surface area contributed by atoms with E-state index in [1.54, 1.807) is 58.0 Å². The summed E-state index contributed by atoms with van der Waals surface area (Å²) in [6.45, 7) is 13.9. The first-order chi connectivity index (χ1) is 22.4. The molecule has 4 rings (SSSR count). The second-order valence-corrected chi connectivity index (χ2v) is 14.3. The molecular weight excluding hydrogens is 624 g/mol. The van der Waals surface area contributed by atoms with E-state index in [9.17, 15) is 29.1 Å². The molecular formula is C36H50O12. The highest BCUT2D eigenvalue weighted by atomic mass is 16.6. The van der Waals surface area contributed by atoms with Crippen LogP contribution in [0.15, 0.2) is 30.3 Å². The summed E-state index contributed by atoms with van der Waals surface area (Å²) in [7, 11) is 0. The smallest absolute Gasteiger partial charge is 0.338 e. The summed E-state index contributed by atoms with van der Waals surface area (Å²) < 4.78 is 37.4. The second kappa shape index (κ2) is 13.8. The predicted octanol–water partition coefficient (Wildman–Crippen LogP) is 4.33. The average molecular weight is 675 g/mol. The molecule has 3 aliphatic rings. The van der Waals surface area contributed by atoms with Crippen molar-refractivity contribution in [1.29, 1.82) is 0 Å². The Morgan fingerprint density at radius 1 is 0.854 bits per heavy atom. The Labute approximate surface area is 282 Å². The van der Waals surface area contributed by atoms with E-state index in [2.05, 4.69) is 0 Å². The number of esters is 5. The predicted molar refractivity (Wildman–Crippen MR) is 170 cm³/mol. The van der Waals surface area contributed by atoms with Gasteiger partial charge in [-0.25, -0.2) is 4.79 Å². The molecule has 2 aliphatic carbocycles. The van der Waals surface area contributed by atoms with Gasteiger partial charge in [-0.3, -0.25) is 19.2 Å². The Morgan fingerprint density at radius 3 is 2.00 bits per heavy atom. The van der Waals surface area contributed by atoms with Gasteiger partial charge in [-0.1, -0.05) is 45.9 Å². The fraction of sp³-hybridized carbons (Fsp3) is 0.694. The van der Waals surface area contributed by atoms with E-state index in [0.29, 0.717) is 12.8 Å². The van der Waals surface area contributed by atoms with Gasteiger partial charge in [-0.2, -0.15) is 0 Å². The molecule has 12 nitrogen and oxygen atoms in total. The minimum Gasteiger partial charge on any atom is -0.464 e. The summed E-state index contributed by atoms with van der Waals surface area (Å²) in [6.07, 6.45) is -4.69. The van der Waals surface area contributed by atoms with E-state index in [0.717, 1.165) is 0 Å². The first-order valence-electron chi connectivity index (χ1n) is 16.8. The fourth-order valence-electron chi connectivity index (χ4n) is 7.90. The highest BCUT2D eigenvalue weighted by Crippen LogP contribution is 2.69. The van der Waals surface area contributed by atoms with E-state index in [1.165, 1.54) is 20.8 Å². The van der Waals surface area contributed by atoms with Crippen LogP contribution in [0.25, 0.3) is 0 Å². The number of carbonyl (C=O) groups excluding carboxylic acids is 5. The van der Waals surface area contributed by atoms with Gasteiger partial charge in [0, 0.05) is 26.2 Å². The summed E-state index contributed by atoms with van der Waals surface area (Å²) in [5.74, 6) is -5.09. The van der Waals surface area contributed by atoms with Crippen LogP contribution in [0.5, 0.6) is 0 Å². The monoisotopic (exact) mass is 674 g/mol. The van der Waals surface area contributed by atoms with Crippen molar-refractivity contribution in [3.05, 3.63) is 35.9 Å². The van der Waals surface area contributed by atoms with Crippen LogP contribution in [0.2, 0.25) is 0 Å². The second-order valence-electron chi connectivity index (χ2n) is 14.3. The molecule has 0 amide bonds. The number of rotatable bonds is 11. The first kappa shape index (κ1) is 37.3. The minimum absolute atomic E-state index is 0.0119. The summed E-state index contributed by atoms with van der Waals surface area (Å²) >= 11 is 0. The molecule has 2 saturated carbocycles. The van der Waals surface area contributed by atoms with E-state index >= 15 is 0 Å². The molecule has 1 aliphatic heterocycles. The van der Waals surface area contributed by atoms with E-state index in [4.69, 9.17) is 28.4 Å². The molecule has 3 fully saturated rings. The zero-order valence-corrected chi connectivity index (χ0v) is 29.4. The first-order valence-corrected chi connectivity index (χ1v) is 16.8. The minimum atomic E-state index is -2.01. The maximum atomic E-state index is 13.9. The quantitative estimate of drug-likeness (QED) is 0.262. The number of hydrogen-bond acceptors (Lipinski definition) is 12. The third-order valence-electron chi connectivity index (χ3n) is 10.7. The lowest BCUT2D eigenvalue weighted by atomic mass is 9.46. The maximum absolute atomic E-state index is 13.9. The largest absolute Gasteiger partial charge is 0.464 e. The van der Waals surface area contributed by atoms with Crippen LogP contribution in [0.3, 0.4) is 0 Å². The number of ether oxygens (including phenoxy) is 6. The van der Waals surface area contributed by atoms with Gasteiger partial charge in [0.1, 0.15) is 30.3 Å². The number of aliphatic hydroxyl groups is 1. The maximum Gasteiger partial charge on any atom is 0.338 e. The van der Waals surface area contributed by atoms with Gasteiger partial charge in [-0.15, -0.1) is 0 Å². The number of hydrogen-bond donors (Lipinski definition) is 1. The molecule has 48 heavy (non-hydrogen) atoms. The molecule has 1 spiro atoms. The Bertz CT molecular complexity index is 1390. The van der Waals surface area contributed by atoms with Crippen LogP contribution < -0.4 is 0 Å². The van der Waals surface area contributed by atoms with Gasteiger partial charge >= 0.3 is 29.8 Å². The number of carbonyl (C=O) groups is 5. The van der Waals surface area contributed by atoms with Crippen LogP contribution in [0, 0.1) is 23.2 Å². The van der Waals surface area contributed by atoms with Gasteiger partial charge in [0.05, 0.1) is 28.6 Å². The standard InChI is InChI=1S/C36H50O12/c1-10-20(3)30(39)43-19-35-27(46-31(40)21(4)11-2)17-25-28(45-23(6)38)36(35,48-33(25,7)8)34(9,42)18-26(44-22(5)37)29(35)47-32(41)24-15-13-12-14-16-24/h12-16,20-21,25-29,42H,10-11,17-19H2,1-9H3/t20?,21?,25-,26+,27+,28-,29+,34+,35-,36+/m1/s1. The van der Waals surface area contributed by atoms with Crippen molar-refractivity contribution in [3.63, 3.8) is 0 Å². The summed E-state index contributed by atoms with van der Waals surface area (Å²) in [6, 6.07) is 8.12. The molecule has 1 aromatic carbocycles. The van der Waals surface area contributed by atoms with Crippen molar-refractivity contribution in [2.45, 2.75) is 129 Å². The molecule has 0 aromatic heterocycles. The van der Waals surface area contributed by atoms with Crippen molar-refractivity contribution < 1.29 is 57.5 Å². The molecule has 266 valence electrons. The lowest BCUT2D eigenvalue weighted by molar-refractivity contribution is -0.355. The lowest BCUT2D eigenvalue weighted by Crippen LogP contribution is -2.83. The summed E-state index contributed by atoms with van der Waals surface area (Å²) in [5, 5.41) is 12.7. The highest BCUT2D eigenvalue weighted by Gasteiger charge is 2.86. The molecule has 0 radical (unpaired) electrons. The molecule has 1 heterocycles. The average Bonchev–Trinajstić information content (AvgIpc) is 3.19. The third kappa shape index (κ3) is 6.33. The topological polar surface area (TPSA) is 161 Å². The zero-order chi connectivity index (χ0) is 35.8. The van der Waals surface area contributed by atoms with Crippen LogP contribution in [-0.2, 0) is 47.6 Å². The highest BCUT2D eigenvalue weighted by molar-refractivity contribution is 5.89. The molecule has 10 atom stereocenters. The zero-order valence-electron chi connectivity index (χ0n) is 29.4. The molecule has 2 unspecified atom stereocenters. The van der Waals surface area contributed by atoms with Crippen molar-refractivity contribution in [2.75, 3.05) is 6.61 Å². The van der Waals surface area contributed by atoms with E-state index in [-0.39, 0.29) is 18.4 Å². The molecule has 12 heteroatoms. The summed E-state index contributed by atoms with van der Waals surface area (Å²) in [4.78, 5) is 66.4. The van der Waals surface area contributed by atoms with Crippen LogP contribution in [0.4, 0.5) is 0 Å². The third-order valence-corrected chi connectivity index (χ3v) is 10.7. The Balaban J connectivity index is 2.09. The summed E-state index contributed by atoms with van der Waals surface area (Å²) in [5.41, 5.74) is -6.90. The SMILES string of the molecule is CCC(C)C(=O)OC[C@]12[C@@H](OC(=O)C(C)CC)C[C@@H]3[C@@H](OC(C)=O)[C@]1(OC3(C)C)[C@@](C)(O)C[C@H](OC(C)=O)[C@@H]2OC(=O)c1ccccc1. The Hall–Kier alpha value is -3.51. The van der Waals surface area contributed by atoms with Gasteiger partial charge in [0.15, 0.2) is 11.7 Å². The number of benzene rings is 1. The molecule has 2 bridgehead atoms. The van der Waals surface area contributed by atoms with Crippen molar-refractivity contribution in [1.82, 2.24) is 0 Å². The molecule has 1 saturated heterocycles. The lowest BCUT2D eigenvalue weighted by Gasteiger charge is -2.65. The van der Waals surface area contributed by atoms with Crippen molar-refractivity contribution >= 4 is 29.8 Å². The van der Waals surface area contributed by atoms with Gasteiger partial charge < -0.3 is 33.5 Å².